The molecular weight excluding hydrogens is 734 g/mol. The number of hydrogen-bond acceptors (Lipinski definition) is 4. The predicted molar refractivity (Wildman–Crippen MR) is 216 cm³/mol. The molecule has 0 aromatic heterocycles. The van der Waals surface area contributed by atoms with Crippen molar-refractivity contribution in [3.63, 3.8) is 0 Å². The van der Waals surface area contributed by atoms with Crippen LogP contribution in [0.15, 0.2) is 121 Å². The number of fused-ring (bicyclic) bond motifs is 2. The molecule has 0 bridgehead atoms. The fraction of sp³-hybridized carbons (Fsp3) is 0.0909. The SMILES string of the molecule is COc1ccc(C(c2ccc(OC)cc2Cl)=c2c3ccccc3c(=C(c3ccc(OC)cc3Cl)c3ccc(OC)cc3Cl)c3ccccc23)c(Cl)c1. The summed E-state index contributed by atoms with van der Waals surface area (Å²) in [5.74, 6) is 2.58. The highest BCUT2D eigenvalue weighted by molar-refractivity contribution is 6.36. The lowest BCUT2D eigenvalue weighted by Crippen LogP contribution is -2.21. The van der Waals surface area contributed by atoms with Gasteiger partial charge in [0.2, 0.25) is 0 Å². The van der Waals surface area contributed by atoms with Gasteiger partial charge in [-0.3, -0.25) is 0 Å². The highest BCUT2D eigenvalue weighted by Crippen LogP contribution is 2.39. The second-order valence-electron chi connectivity index (χ2n) is 12.0. The van der Waals surface area contributed by atoms with Crippen LogP contribution in [0.4, 0.5) is 0 Å². The van der Waals surface area contributed by atoms with E-state index in [4.69, 9.17) is 65.4 Å². The van der Waals surface area contributed by atoms with Gasteiger partial charge in [-0.2, -0.15) is 0 Å². The van der Waals surface area contributed by atoms with Gasteiger partial charge in [-0.15, -0.1) is 0 Å². The van der Waals surface area contributed by atoms with Crippen LogP contribution in [0.1, 0.15) is 22.3 Å². The van der Waals surface area contributed by atoms with Crippen LogP contribution in [-0.2, 0) is 0 Å². The first-order chi connectivity index (χ1) is 25.3. The molecular formula is C44H32Cl4O4. The standard InChI is InChI=1S/C44H32Cl4O4/c1-49-25-13-17-33(37(45)21-25)43(34-18-14-26(50-2)22-38(34)46)41-29-9-5-7-11-31(29)42(32-12-8-6-10-30(32)41)44(35-19-15-27(51-3)23-39(35)47)36-20-16-28(52-4)24-40(36)48/h5-24H,1-4H3. The Morgan fingerprint density at radius 3 is 0.769 bits per heavy atom. The molecule has 0 amide bonds. The molecule has 0 saturated carbocycles. The minimum Gasteiger partial charge on any atom is -0.497 e. The average Bonchev–Trinajstić information content (AvgIpc) is 3.17. The van der Waals surface area contributed by atoms with Crippen molar-refractivity contribution in [3.8, 4) is 23.0 Å². The van der Waals surface area contributed by atoms with Crippen LogP contribution >= 0.6 is 46.4 Å². The molecule has 0 spiro atoms. The molecule has 4 nitrogen and oxygen atoms in total. The quantitative estimate of drug-likeness (QED) is 0.144. The average molecular weight is 767 g/mol. The number of halogens is 4. The Balaban J connectivity index is 1.79. The molecule has 8 heteroatoms. The normalized spacial score (nSPS) is 11.1. The molecule has 0 aliphatic heterocycles. The van der Waals surface area contributed by atoms with Gasteiger partial charge in [0.25, 0.3) is 0 Å². The van der Waals surface area contributed by atoms with E-state index in [1.165, 1.54) is 0 Å². The van der Waals surface area contributed by atoms with E-state index < -0.39 is 0 Å². The maximum atomic E-state index is 7.12. The number of rotatable bonds is 8. The van der Waals surface area contributed by atoms with E-state index >= 15 is 0 Å². The molecule has 52 heavy (non-hydrogen) atoms. The van der Waals surface area contributed by atoms with Crippen LogP contribution in [0.5, 0.6) is 23.0 Å². The monoisotopic (exact) mass is 764 g/mol. The van der Waals surface area contributed by atoms with Crippen molar-refractivity contribution < 1.29 is 18.9 Å². The lowest BCUT2D eigenvalue weighted by molar-refractivity contribution is 0.414. The van der Waals surface area contributed by atoms with Crippen LogP contribution in [0.2, 0.25) is 20.1 Å². The van der Waals surface area contributed by atoms with E-state index in [-0.39, 0.29) is 0 Å². The number of benzene rings is 7. The largest absolute Gasteiger partial charge is 0.497 e. The van der Waals surface area contributed by atoms with Crippen LogP contribution in [0, 0.1) is 0 Å². The summed E-state index contributed by atoms with van der Waals surface area (Å²) in [5.41, 5.74) is 4.87. The van der Waals surface area contributed by atoms with Gasteiger partial charge in [0, 0.05) is 33.4 Å². The fourth-order valence-electron chi connectivity index (χ4n) is 6.80. The highest BCUT2D eigenvalue weighted by atomic mass is 35.5. The first-order valence-electron chi connectivity index (χ1n) is 16.3. The molecule has 0 atom stereocenters. The van der Waals surface area contributed by atoms with E-state index in [1.54, 1.807) is 28.4 Å². The van der Waals surface area contributed by atoms with Gasteiger partial charge in [0.05, 0.1) is 48.5 Å². The Kier molecular flexibility index (Phi) is 10.3. The molecule has 0 radical (unpaired) electrons. The van der Waals surface area contributed by atoms with Crippen LogP contribution in [-0.4, -0.2) is 28.4 Å². The summed E-state index contributed by atoms with van der Waals surface area (Å²) in [5, 5.41) is 7.84. The molecule has 7 aromatic carbocycles. The predicted octanol–water partition coefficient (Wildman–Crippen LogP) is 11.1. The summed E-state index contributed by atoms with van der Waals surface area (Å²) < 4.78 is 22.1. The van der Waals surface area contributed by atoms with Gasteiger partial charge < -0.3 is 18.9 Å². The molecule has 0 N–H and O–H groups in total. The maximum Gasteiger partial charge on any atom is 0.120 e. The van der Waals surface area contributed by atoms with Crippen LogP contribution < -0.4 is 29.4 Å². The van der Waals surface area contributed by atoms with Gasteiger partial charge >= 0.3 is 0 Å². The van der Waals surface area contributed by atoms with Crippen molar-refractivity contribution in [3.05, 3.63) is 174 Å². The Bertz CT molecular complexity index is 2280. The van der Waals surface area contributed by atoms with Crippen molar-refractivity contribution in [1.82, 2.24) is 0 Å². The number of methoxy groups -OCH3 is 4. The van der Waals surface area contributed by atoms with E-state index in [2.05, 4.69) is 24.3 Å². The molecule has 260 valence electrons. The van der Waals surface area contributed by atoms with Crippen molar-refractivity contribution in [2.45, 2.75) is 0 Å². The molecule has 0 aliphatic rings. The summed E-state index contributed by atoms with van der Waals surface area (Å²) >= 11 is 28.5. The van der Waals surface area contributed by atoms with E-state index in [0.717, 1.165) is 65.4 Å². The molecule has 0 heterocycles. The Morgan fingerprint density at radius 1 is 0.346 bits per heavy atom. The summed E-state index contributed by atoms with van der Waals surface area (Å²) in [6.45, 7) is 0. The lowest BCUT2D eigenvalue weighted by atomic mass is 9.86. The van der Waals surface area contributed by atoms with E-state index in [0.29, 0.717) is 43.1 Å². The second-order valence-corrected chi connectivity index (χ2v) is 13.6. The third-order valence-corrected chi connectivity index (χ3v) is 10.5. The number of hydrogen-bond donors (Lipinski definition) is 0. The van der Waals surface area contributed by atoms with Crippen LogP contribution in [0.3, 0.4) is 0 Å². The number of ether oxygens (including phenoxy) is 4. The van der Waals surface area contributed by atoms with Gasteiger partial charge in [0.15, 0.2) is 0 Å². The minimum atomic E-state index is 0.515. The Labute approximate surface area is 322 Å². The molecule has 7 rings (SSSR count). The third kappa shape index (κ3) is 6.42. The summed E-state index contributed by atoms with van der Waals surface area (Å²) in [7, 11) is 6.48. The lowest BCUT2D eigenvalue weighted by Gasteiger charge is -2.19. The van der Waals surface area contributed by atoms with Crippen molar-refractivity contribution >= 4 is 79.1 Å². The van der Waals surface area contributed by atoms with Gasteiger partial charge in [0.1, 0.15) is 23.0 Å². The van der Waals surface area contributed by atoms with Gasteiger partial charge in [-0.25, -0.2) is 0 Å². The maximum absolute atomic E-state index is 7.12. The van der Waals surface area contributed by atoms with Crippen LogP contribution in [0.25, 0.3) is 32.7 Å². The smallest absolute Gasteiger partial charge is 0.120 e. The first-order valence-corrected chi connectivity index (χ1v) is 17.8. The van der Waals surface area contributed by atoms with Gasteiger partial charge in [-0.05, 0) is 105 Å². The first kappa shape index (κ1) is 35.6. The minimum absolute atomic E-state index is 0.515. The van der Waals surface area contributed by atoms with Crippen molar-refractivity contribution in [2.24, 2.45) is 0 Å². The zero-order valence-electron chi connectivity index (χ0n) is 28.7. The molecule has 0 aliphatic carbocycles. The summed E-state index contributed by atoms with van der Waals surface area (Å²) in [6.07, 6.45) is 0. The molecule has 7 aromatic rings. The summed E-state index contributed by atoms with van der Waals surface area (Å²) in [6, 6.07) is 39.4. The van der Waals surface area contributed by atoms with Gasteiger partial charge in [-0.1, -0.05) is 94.9 Å². The van der Waals surface area contributed by atoms with Crippen molar-refractivity contribution in [2.75, 3.05) is 28.4 Å². The topological polar surface area (TPSA) is 36.9 Å². The highest BCUT2D eigenvalue weighted by Gasteiger charge is 2.22. The van der Waals surface area contributed by atoms with E-state index in [9.17, 15) is 0 Å². The van der Waals surface area contributed by atoms with E-state index in [1.807, 2.05) is 97.1 Å². The molecule has 0 unspecified atom stereocenters. The fourth-order valence-corrected chi connectivity index (χ4v) is 7.86. The summed E-state index contributed by atoms with van der Waals surface area (Å²) in [4.78, 5) is 0. The second kappa shape index (κ2) is 15.0. The third-order valence-electron chi connectivity index (χ3n) is 9.21. The molecule has 0 saturated heterocycles. The zero-order chi connectivity index (χ0) is 36.5. The molecule has 0 fully saturated rings. The Hall–Kier alpha value is -4.84. The zero-order valence-corrected chi connectivity index (χ0v) is 31.7. The van der Waals surface area contributed by atoms with Crippen molar-refractivity contribution in [1.29, 1.82) is 0 Å². The Morgan fingerprint density at radius 2 is 0.577 bits per heavy atom.